The van der Waals surface area contributed by atoms with Crippen LogP contribution in [0.25, 0.3) is 0 Å². The van der Waals surface area contributed by atoms with E-state index in [4.69, 9.17) is 4.74 Å². The Hall–Kier alpha value is -1.51. The number of hydrogen-bond donors (Lipinski definition) is 1. The molecule has 112 valence electrons. The van der Waals surface area contributed by atoms with E-state index in [2.05, 4.69) is 32.9 Å². The van der Waals surface area contributed by atoms with Crippen molar-refractivity contribution in [2.24, 2.45) is 0 Å². The number of aryl methyl sites for hydroxylation is 1. The number of aliphatic carboxylic acids is 1. The Labute approximate surface area is 122 Å². The van der Waals surface area contributed by atoms with E-state index in [1.165, 1.54) is 5.56 Å². The van der Waals surface area contributed by atoms with Crippen LogP contribution >= 0.6 is 0 Å². The lowest BCUT2D eigenvalue weighted by Gasteiger charge is -2.30. The molecule has 0 spiro atoms. The molecule has 0 aliphatic rings. The second-order valence-electron chi connectivity index (χ2n) is 6.18. The minimum Gasteiger partial charge on any atom is -0.496 e. The molecule has 0 atom stereocenters. The fraction of sp³-hybridized carbons (Fsp3) is 0.588. The Kier molecular flexibility index (Phi) is 5.21. The van der Waals surface area contributed by atoms with Crippen LogP contribution < -0.4 is 4.74 Å². The van der Waals surface area contributed by atoms with E-state index < -0.39 is 11.4 Å². The molecule has 0 heterocycles. The van der Waals surface area contributed by atoms with Crippen LogP contribution in [-0.2, 0) is 16.6 Å². The summed E-state index contributed by atoms with van der Waals surface area (Å²) >= 11 is 0. The predicted octanol–water partition coefficient (Wildman–Crippen LogP) is 4.13. The highest BCUT2D eigenvalue weighted by molar-refractivity contribution is 5.70. The standard InChI is InChI=1S/C17H26O3/c1-7-12-8-9-13(11(2)3)15(16(12)20-6)17(4,5)10-14(18)19/h8-9,11H,7,10H2,1-6H3,(H,18,19). The van der Waals surface area contributed by atoms with E-state index in [0.717, 1.165) is 23.3 Å². The molecule has 0 bridgehead atoms. The van der Waals surface area contributed by atoms with Crippen LogP contribution in [0.5, 0.6) is 5.75 Å². The first-order valence-corrected chi connectivity index (χ1v) is 7.16. The van der Waals surface area contributed by atoms with Gasteiger partial charge in [0.1, 0.15) is 5.75 Å². The maximum Gasteiger partial charge on any atom is 0.304 e. The molecule has 3 heteroatoms. The van der Waals surface area contributed by atoms with Crippen LogP contribution in [0.15, 0.2) is 12.1 Å². The third kappa shape index (κ3) is 3.33. The number of carboxylic acids is 1. The number of hydrogen-bond acceptors (Lipinski definition) is 2. The van der Waals surface area contributed by atoms with Crippen molar-refractivity contribution in [3.63, 3.8) is 0 Å². The summed E-state index contributed by atoms with van der Waals surface area (Å²) in [6, 6.07) is 4.21. The first kappa shape index (κ1) is 16.5. The molecule has 0 aromatic heterocycles. The average molecular weight is 278 g/mol. The Bertz CT molecular complexity index is 487. The SMILES string of the molecule is CCc1ccc(C(C)C)c(C(C)(C)CC(=O)O)c1OC. The number of rotatable bonds is 6. The molecule has 3 nitrogen and oxygen atoms in total. The van der Waals surface area contributed by atoms with Crippen LogP contribution in [0.2, 0.25) is 0 Å². The molecule has 1 aromatic carbocycles. The van der Waals surface area contributed by atoms with Gasteiger partial charge in [0, 0.05) is 11.0 Å². The number of carboxylic acid groups (broad SMARTS) is 1. The molecule has 0 fully saturated rings. The molecule has 0 aliphatic carbocycles. The zero-order chi connectivity index (χ0) is 15.5. The van der Waals surface area contributed by atoms with Gasteiger partial charge in [0.15, 0.2) is 0 Å². The molecule has 0 aliphatic heterocycles. The topological polar surface area (TPSA) is 46.5 Å². The molecule has 1 aromatic rings. The second-order valence-corrected chi connectivity index (χ2v) is 6.18. The van der Waals surface area contributed by atoms with Crippen molar-refractivity contribution in [2.75, 3.05) is 7.11 Å². The molecule has 1 N–H and O–H groups in total. The van der Waals surface area contributed by atoms with Crippen molar-refractivity contribution in [2.45, 2.75) is 58.8 Å². The van der Waals surface area contributed by atoms with Gasteiger partial charge in [0.2, 0.25) is 0 Å². The molecule has 0 unspecified atom stereocenters. The minimum absolute atomic E-state index is 0.0935. The number of carbonyl (C=O) groups is 1. The number of benzene rings is 1. The van der Waals surface area contributed by atoms with E-state index in [1.54, 1.807) is 7.11 Å². The van der Waals surface area contributed by atoms with Crippen molar-refractivity contribution < 1.29 is 14.6 Å². The largest absolute Gasteiger partial charge is 0.496 e. The van der Waals surface area contributed by atoms with Crippen molar-refractivity contribution >= 4 is 5.97 Å². The fourth-order valence-electron chi connectivity index (χ4n) is 2.80. The van der Waals surface area contributed by atoms with Gasteiger partial charge in [0.05, 0.1) is 13.5 Å². The summed E-state index contributed by atoms with van der Waals surface area (Å²) in [5.74, 6) is 0.400. The van der Waals surface area contributed by atoms with Crippen LogP contribution in [0.3, 0.4) is 0 Å². The van der Waals surface area contributed by atoms with Crippen LogP contribution in [0, 0.1) is 0 Å². The van der Waals surface area contributed by atoms with E-state index in [1.807, 2.05) is 13.8 Å². The minimum atomic E-state index is -0.784. The molecule has 20 heavy (non-hydrogen) atoms. The van der Waals surface area contributed by atoms with Gasteiger partial charge in [-0.25, -0.2) is 0 Å². The van der Waals surface area contributed by atoms with Gasteiger partial charge in [-0.05, 0) is 23.5 Å². The van der Waals surface area contributed by atoms with E-state index >= 15 is 0 Å². The first-order chi connectivity index (χ1) is 9.24. The van der Waals surface area contributed by atoms with Crippen LogP contribution in [-0.4, -0.2) is 18.2 Å². The lowest BCUT2D eigenvalue weighted by Crippen LogP contribution is -2.25. The third-order valence-corrected chi connectivity index (χ3v) is 3.75. The maximum absolute atomic E-state index is 11.2. The summed E-state index contributed by atoms with van der Waals surface area (Å²) in [7, 11) is 1.67. The Morgan fingerprint density at radius 1 is 1.35 bits per heavy atom. The van der Waals surface area contributed by atoms with Gasteiger partial charge in [-0.15, -0.1) is 0 Å². The van der Waals surface area contributed by atoms with E-state index in [9.17, 15) is 9.90 Å². The number of ether oxygens (including phenoxy) is 1. The van der Waals surface area contributed by atoms with Crippen molar-refractivity contribution in [1.29, 1.82) is 0 Å². The van der Waals surface area contributed by atoms with Crippen molar-refractivity contribution in [1.82, 2.24) is 0 Å². The zero-order valence-corrected chi connectivity index (χ0v) is 13.4. The molecule has 1 rings (SSSR count). The normalized spacial score (nSPS) is 11.8. The highest BCUT2D eigenvalue weighted by Gasteiger charge is 2.31. The maximum atomic E-state index is 11.2. The smallest absolute Gasteiger partial charge is 0.304 e. The summed E-state index contributed by atoms with van der Waals surface area (Å²) in [6.45, 7) is 10.3. The Morgan fingerprint density at radius 3 is 2.35 bits per heavy atom. The molecule has 0 saturated carbocycles. The van der Waals surface area contributed by atoms with Crippen molar-refractivity contribution in [3.05, 3.63) is 28.8 Å². The fourth-order valence-corrected chi connectivity index (χ4v) is 2.80. The third-order valence-electron chi connectivity index (χ3n) is 3.75. The monoisotopic (exact) mass is 278 g/mol. The van der Waals surface area contributed by atoms with Gasteiger partial charge in [-0.3, -0.25) is 4.79 Å². The first-order valence-electron chi connectivity index (χ1n) is 7.16. The summed E-state index contributed by atoms with van der Waals surface area (Å²) in [4.78, 5) is 11.2. The average Bonchev–Trinajstić information content (AvgIpc) is 2.34. The van der Waals surface area contributed by atoms with Crippen LogP contribution in [0.1, 0.15) is 63.6 Å². The van der Waals surface area contributed by atoms with Gasteiger partial charge in [0.25, 0.3) is 0 Å². The van der Waals surface area contributed by atoms with Gasteiger partial charge in [-0.2, -0.15) is 0 Å². The van der Waals surface area contributed by atoms with Gasteiger partial charge < -0.3 is 9.84 Å². The van der Waals surface area contributed by atoms with E-state index in [-0.39, 0.29) is 6.42 Å². The van der Waals surface area contributed by atoms with Crippen molar-refractivity contribution in [3.8, 4) is 5.75 Å². The lowest BCUT2D eigenvalue weighted by atomic mass is 9.75. The van der Waals surface area contributed by atoms with Crippen LogP contribution in [0.4, 0.5) is 0 Å². The summed E-state index contributed by atoms with van der Waals surface area (Å²) in [5.41, 5.74) is 2.88. The highest BCUT2D eigenvalue weighted by Crippen LogP contribution is 2.41. The Balaban J connectivity index is 3.57. The highest BCUT2D eigenvalue weighted by atomic mass is 16.5. The lowest BCUT2D eigenvalue weighted by molar-refractivity contribution is -0.138. The van der Waals surface area contributed by atoms with Gasteiger partial charge >= 0.3 is 5.97 Å². The zero-order valence-electron chi connectivity index (χ0n) is 13.4. The number of methoxy groups -OCH3 is 1. The van der Waals surface area contributed by atoms with Gasteiger partial charge in [-0.1, -0.05) is 46.8 Å². The summed E-state index contributed by atoms with van der Waals surface area (Å²) in [5, 5.41) is 9.19. The van der Waals surface area contributed by atoms with E-state index in [0.29, 0.717) is 5.92 Å². The quantitative estimate of drug-likeness (QED) is 0.851. The summed E-state index contributed by atoms with van der Waals surface area (Å²) < 4.78 is 5.63. The predicted molar refractivity (Wildman–Crippen MR) is 81.7 cm³/mol. The molecule has 0 saturated heterocycles. The molecular formula is C17H26O3. The molecule has 0 radical (unpaired) electrons. The second kappa shape index (κ2) is 6.29. The molecule has 0 amide bonds. The summed E-state index contributed by atoms with van der Waals surface area (Å²) in [6.07, 6.45) is 0.966. The Morgan fingerprint density at radius 2 is 1.95 bits per heavy atom. The molecular weight excluding hydrogens is 252 g/mol.